The number of halogens is 2. The van der Waals surface area contributed by atoms with Crippen molar-refractivity contribution < 1.29 is 8.78 Å². The van der Waals surface area contributed by atoms with Gasteiger partial charge < -0.3 is 0 Å². The first-order chi connectivity index (χ1) is 32.9. The van der Waals surface area contributed by atoms with E-state index in [-0.39, 0.29) is 11.1 Å². The van der Waals surface area contributed by atoms with Gasteiger partial charge in [-0.25, -0.2) is 19.9 Å². The molecule has 6 heteroatoms. The van der Waals surface area contributed by atoms with Crippen LogP contribution < -0.4 is 0 Å². The van der Waals surface area contributed by atoms with Crippen LogP contribution in [0.5, 0.6) is 0 Å². The molecule has 2 heterocycles. The summed E-state index contributed by atoms with van der Waals surface area (Å²) in [5, 5.41) is 8.74. The van der Waals surface area contributed by atoms with Gasteiger partial charge >= 0.3 is 0 Å². The van der Waals surface area contributed by atoms with Crippen molar-refractivity contribution >= 4 is 43.1 Å². The first-order valence-corrected chi connectivity index (χ1v) is 22.3. The van der Waals surface area contributed by atoms with Crippen LogP contribution >= 0.6 is 0 Å². The second-order valence-electron chi connectivity index (χ2n) is 17.3. The molecule has 0 aliphatic heterocycles. The molecule has 314 valence electrons. The van der Waals surface area contributed by atoms with E-state index in [2.05, 4.69) is 109 Å². The van der Waals surface area contributed by atoms with E-state index >= 15 is 8.78 Å². The molecule has 0 fully saturated rings. The topological polar surface area (TPSA) is 51.6 Å². The van der Waals surface area contributed by atoms with Crippen LogP contribution in [0.1, 0.15) is 11.1 Å². The first kappa shape index (κ1) is 38.7. The van der Waals surface area contributed by atoms with E-state index in [0.29, 0.717) is 56.7 Å². The highest BCUT2D eigenvalue weighted by Crippen LogP contribution is 2.53. The SMILES string of the molecule is FC1(F)c2cc(-c3cc(-c4ccc5ccccc5c4)nc(-c4ccc5ccccc5c4)n3)ccc2-c2ccc(-c3cc(-c4ccc5ccccc5c4)nc(-c4ccc5ccccc5c4)n3)cc21. The third-order valence-electron chi connectivity index (χ3n) is 13.2. The van der Waals surface area contributed by atoms with Crippen LogP contribution in [0.2, 0.25) is 0 Å². The minimum absolute atomic E-state index is 0.0633. The van der Waals surface area contributed by atoms with Crippen molar-refractivity contribution in [3.8, 4) is 78.9 Å². The molecule has 0 atom stereocenters. The summed E-state index contributed by atoms with van der Waals surface area (Å²) in [5.41, 5.74) is 8.03. The molecule has 1 aliphatic rings. The smallest absolute Gasteiger partial charge is 0.228 e. The Kier molecular flexibility index (Phi) is 8.77. The summed E-state index contributed by atoms with van der Waals surface area (Å²) in [6, 6.07) is 72.0. The quantitative estimate of drug-likeness (QED) is 0.167. The van der Waals surface area contributed by atoms with Gasteiger partial charge in [-0.15, -0.1) is 0 Å². The number of hydrogen-bond donors (Lipinski definition) is 0. The van der Waals surface area contributed by atoms with Gasteiger partial charge in [-0.05, 0) is 103 Å². The second-order valence-corrected chi connectivity index (χ2v) is 17.3. The summed E-state index contributed by atoms with van der Waals surface area (Å²) in [6.45, 7) is 0. The van der Waals surface area contributed by atoms with Crippen LogP contribution in [0.4, 0.5) is 8.78 Å². The zero-order valence-corrected chi connectivity index (χ0v) is 35.8. The fourth-order valence-corrected chi connectivity index (χ4v) is 9.64. The van der Waals surface area contributed by atoms with Crippen molar-refractivity contribution in [3.63, 3.8) is 0 Å². The van der Waals surface area contributed by atoms with Crippen molar-refractivity contribution in [1.29, 1.82) is 0 Å². The number of rotatable bonds is 6. The number of hydrogen-bond acceptors (Lipinski definition) is 4. The summed E-state index contributed by atoms with van der Waals surface area (Å²) in [7, 11) is 0. The molecule has 0 saturated carbocycles. The summed E-state index contributed by atoms with van der Waals surface area (Å²) in [5.74, 6) is -2.27. The average molecular weight is 863 g/mol. The average Bonchev–Trinajstić information content (AvgIpc) is 3.62. The summed E-state index contributed by atoms with van der Waals surface area (Å²) < 4.78 is 34.5. The van der Waals surface area contributed by atoms with Gasteiger partial charge in [0.2, 0.25) is 0 Å². The molecular formula is C61H36F2N4. The predicted octanol–water partition coefficient (Wildman–Crippen LogP) is 16.0. The van der Waals surface area contributed by atoms with Gasteiger partial charge in [-0.1, -0.05) is 170 Å². The fourth-order valence-electron chi connectivity index (χ4n) is 9.64. The summed E-state index contributed by atoms with van der Waals surface area (Å²) in [6.07, 6.45) is 0. The van der Waals surface area contributed by atoms with E-state index < -0.39 is 5.92 Å². The van der Waals surface area contributed by atoms with Gasteiger partial charge in [0.1, 0.15) is 0 Å². The lowest BCUT2D eigenvalue weighted by atomic mass is 9.99. The molecule has 0 bridgehead atoms. The maximum absolute atomic E-state index is 17.2. The molecule has 0 amide bonds. The summed E-state index contributed by atoms with van der Waals surface area (Å²) >= 11 is 0. The maximum Gasteiger partial charge on any atom is 0.299 e. The van der Waals surface area contributed by atoms with Crippen LogP contribution in [0.15, 0.2) is 218 Å². The van der Waals surface area contributed by atoms with Crippen LogP contribution in [-0.4, -0.2) is 19.9 Å². The molecule has 0 radical (unpaired) electrons. The zero-order chi connectivity index (χ0) is 44.6. The van der Waals surface area contributed by atoms with E-state index in [1.165, 1.54) is 0 Å². The van der Waals surface area contributed by atoms with E-state index in [9.17, 15) is 0 Å². The van der Waals surface area contributed by atoms with E-state index in [4.69, 9.17) is 19.9 Å². The van der Waals surface area contributed by atoms with Crippen LogP contribution in [0, 0.1) is 0 Å². The normalized spacial score (nSPS) is 12.7. The number of fused-ring (bicyclic) bond motifs is 7. The molecule has 10 aromatic carbocycles. The van der Waals surface area contributed by atoms with Gasteiger partial charge in [-0.3, -0.25) is 0 Å². The lowest BCUT2D eigenvalue weighted by molar-refractivity contribution is 0.0481. The van der Waals surface area contributed by atoms with Crippen LogP contribution in [0.3, 0.4) is 0 Å². The minimum Gasteiger partial charge on any atom is -0.228 e. The van der Waals surface area contributed by atoms with E-state index in [1.54, 1.807) is 24.3 Å². The summed E-state index contributed by atoms with van der Waals surface area (Å²) in [4.78, 5) is 20.3. The Bertz CT molecular complexity index is 3540. The van der Waals surface area contributed by atoms with Crippen molar-refractivity contribution in [3.05, 3.63) is 230 Å². The Morgan fingerprint density at radius 3 is 0.866 bits per heavy atom. The Morgan fingerprint density at radius 2 is 0.522 bits per heavy atom. The number of alkyl halides is 2. The fraction of sp³-hybridized carbons (Fsp3) is 0.0164. The van der Waals surface area contributed by atoms with E-state index in [1.807, 2.05) is 84.9 Å². The van der Waals surface area contributed by atoms with Crippen molar-refractivity contribution in [2.75, 3.05) is 0 Å². The number of nitrogens with zero attached hydrogens (tertiary/aromatic N) is 4. The molecule has 0 N–H and O–H groups in total. The predicted molar refractivity (Wildman–Crippen MR) is 269 cm³/mol. The van der Waals surface area contributed by atoms with Gasteiger partial charge in [0.05, 0.1) is 22.8 Å². The van der Waals surface area contributed by atoms with E-state index in [0.717, 1.165) is 65.3 Å². The Hall–Kier alpha value is -8.74. The maximum atomic E-state index is 17.2. The van der Waals surface area contributed by atoms with Crippen LogP contribution in [0.25, 0.3) is 122 Å². The van der Waals surface area contributed by atoms with Gasteiger partial charge in [0.25, 0.3) is 5.92 Å². The monoisotopic (exact) mass is 862 g/mol. The molecule has 0 unspecified atom stereocenters. The highest BCUT2D eigenvalue weighted by Gasteiger charge is 2.45. The van der Waals surface area contributed by atoms with Gasteiger partial charge in [0, 0.05) is 44.5 Å². The zero-order valence-electron chi connectivity index (χ0n) is 35.8. The Balaban J connectivity index is 0.918. The Labute approximate surface area is 384 Å². The number of aromatic nitrogens is 4. The molecule has 1 aliphatic carbocycles. The molecule has 0 spiro atoms. The largest absolute Gasteiger partial charge is 0.299 e. The molecule has 4 nitrogen and oxygen atoms in total. The Morgan fingerprint density at radius 1 is 0.254 bits per heavy atom. The molecule has 2 aromatic heterocycles. The minimum atomic E-state index is -3.30. The van der Waals surface area contributed by atoms with Crippen LogP contribution in [-0.2, 0) is 5.92 Å². The second kappa shape index (κ2) is 15.2. The first-order valence-electron chi connectivity index (χ1n) is 22.3. The van der Waals surface area contributed by atoms with Crippen molar-refractivity contribution in [2.24, 2.45) is 0 Å². The van der Waals surface area contributed by atoms with Crippen molar-refractivity contribution in [2.45, 2.75) is 5.92 Å². The molecule has 67 heavy (non-hydrogen) atoms. The lowest BCUT2D eigenvalue weighted by Gasteiger charge is -2.15. The van der Waals surface area contributed by atoms with Gasteiger partial charge in [-0.2, -0.15) is 8.78 Å². The lowest BCUT2D eigenvalue weighted by Crippen LogP contribution is -2.11. The van der Waals surface area contributed by atoms with Gasteiger partial charge in [0.15, 0.2) is 11.6 Å². The third-order valence-corrected chi connectivity index (χ3v) is 13.2. The third kappa shape index (κ3) is 6.72. The molecule has 0 saturated heterocycles. The highest BCUT2D eigenvalue weighted by molar-refractivity contribution is 5.92. The standard InChI is InChI=1S/C61H36F2N4/c62-61(63)53-33-47(57-35-55(45-21-17-37-9-1-5-13-41(37)29-45)64-59(66-57)49-23-19-39-11-3-7-15-43(39)31-49)25-27-51(53)52-28-26-48(34-54(52)61)58-36-56(46-22-18-38-10-2-6-14-42(38)30-46)65-60(67-58)50-24-20-40-12-4-8-16-44(40)32-50/h1-36H. The molecule has 13 rings (SSSR count). The molecule has 12 aromatic rings. The highest BCUT2D eigenvalue weighted by atomic mass is 19.3. The van der Waals surface area contributed by atoms with Crippen molar-refractivity contribution in [1.82, 2.24) is 19.9 Å². The molecular weight excluding hydrogens is 827 g/mol. The number of benzene rings is 10.